The van der Waals surface area contributed by atoms with Gasteiger partial charge in [0.15, 0.2) is 0 Å². The molecule has 7 heteroatoms. The quantitative estimate of drug-likeness (QED) is 0.764. The van der Waals surface area contributed by atoms with E-state index in [-0.39, 0.29) is 0 Å². The molecule has 1 aromatic rings. The summed E-state index contributed by atoms with van der Waals surface area (Å²) < 4.78 is 24.7. The van der Waals surface area contributed by atoms with Crippen molar-refractivity contribution in [2.24, 2.45) is 0 Å². The molecular weight excluding hydrogens is 210 g/mol. The largest absolute Gasteiger partial charge is 0.478 e. The molecule has 0 saturated carbocycles. The molecule has 15 heavy (non-hydrogen) atoms. The number of nitriles is 1. The highest BCUT2D eigenvalue weighted by atomic mass is 19.3. The molecule has 0 bridgehead atoms. The van der Waals surface area contributed by atoms with Gasteiger partial charge in [-0.05, 0) is 0 Å². The summed E-state index contributed by atoms with van der Waals surface area (Å²) in [5, 5.41) is 17.1. The fourth-order valence-electron chi connectivity index (χ4n) is 1.04. The number of H-pyrrole nitrogens is 1. The zero-order valence-corrected chi connectivity index (χ0v) is 7.12. The number of rotatable bonds is 2. The van der Waals surface area contributed by atoms with E-state index in [1.807, 2.05) is 4.98 Å². The molecule has 0 atom stereocenters. The summed E-state index contributed by atoms with van der Waals surface area (Å²) in [6, 6.07) is 1.29. The number of nitrogens with zero attached hydrogens (tertiary/aromatic N) is 1. The van der Waals surface area contributed by atoms with Crippen molar-refractivity contribution >= 4 is 5.97 Å². The molecule has 1 rings (SSSR count). The molecule has 0 radical (unpaired) electrons. The van der Waals surface area contributed by atoms with Gasteiger partial charge in [-0.25, -0.2) is 13.6 Å². The number of carbonyl (C=O) groups is 1. The average Bonchev–Trinajstić information content (AvgIpc) is 2.15. The van der Waals surface area contributed by atoms with Crippen LogP contribution < -0.4 is 5.56 Å². The molecule has 0 fully saturated rings. The topological polar surface area (TPSA) is 93.9 Å². The summed E-state index contributed by atoms with van der Waals surface area (Å²) in [6.07, 6.45) is -2.47. The van der Waals surface area contributed by atoms with Crippen LogP contribution >= 0.6 is 0 Å². The maximum atomic E-state index is 12.4. The molecule has 5 nitrogen and oxygen atoms in total. The van der Waals surface area contributed by atoms with E-state index in [0.29, 0.717) is 0 Å². The Morgan fingerprint density at radius 1 is 1.60 bits per heavy atom. The zero-order chi connectivity index (χ0) is 11.6. The number of carboxylic acids is 1. The second-order valence-corrected chi connectivity index (χ2v) is 2.54. The van der Waals surface area contributed by atoms with Gasteiger partial charge >= 0.3 is 5.97 Å². The van der Waals surface area contributed by atoms with Gasteiger partial charge in [0.2, 0.25) is 0 Å². The van der Waals surface area contributed by atoms with E-state index in [4.69, 9.17) is 10.4 Å². The van der Waals surface area contributed by atoms with Crippen molar-refractivity contribution in [3.63, 3.8) is 0 Å². The van der Waals surface area contributed by atoms with Crippen molar-refractivity contribution in [3.05, 3.63) is 33.2 Å². The van der Waals surface area contributed by atoms with E-state index in [9.17, 15) is 18.4 Å². The molecule has 0 aliphatic heterocycles. The van der Waals surface area contributed by atoms with Crippen molar-refractivity contribution in [2.45, 2.75) is 6.43 Å². The fraction of sp³-hybridized carbons (Fsp3) is 0.125. The highest BCUT2D eigenvalue weighted by Crippen LogP contribution is 2.20. The summed E-state index contributed by atoms with van der Waals surface area (Å²) in [5.74, 6) is -1.55. The predicted octanol–water partition coefficient (Wildman–Crippen LogP) is 0.882. The normalized spacial score (nSPS) is 10.0. The van der Waals surface area contributed by atoms with Crippen LogP contribution in [0.25, 0.3) is 0 Å². The molecule has 0 saturated heterocycles. The minimum absolute atomic E-state index is 0.646. The standard InChI is InChI=1S/C8H4F2N2O3/c9-6(10)5-3(1-11)4(8(14)15)2-12-7(5)13/h2,6H,(H,12,13)(H,14,15). The second-order valence-electron chi connectivity index (χ2n) is 2.54. The first-order valence-corrected chi connectivity index (χ1v) is 3.66. The van der Waals surface area contributed by atoms with Crippen LogP contribution in [0.2, 0.25) is 0 Å². The highest BCUT2D eigenvalue weighted by Gasteiger charge is 2.23. The van der Waals surface area contributed by atoms with Gasteiger partial charge in [0.1, 0.15) is 11.6 Å². The van der Waals surface area contributed by atoms with Gasteiger partial charge in [0.25, 0.3) is 12.0 Å². The van der Waals surface area contributed by atoms with Crippen LogP contribution in [0.1, 0.15) is 27.9 Å². The smallest absolute Gasteiger partial charge is 0.338 e. The number of halogens is 2. The van der Waals surface area contributed by atoms with Crippen molar-refractivity contribution in [1.82, 2.24) is 4.98 Å². The number of aromatic nitrogens is 1. The Labute approximate surface area is 81.6 Å². The van der Waals surface area contributed by atoms with E-state index in [0.717, 1.165) is 6.20 Å². The Morgan fingerprint density at radius 2 is 2.20 bits per heavy atom. The van der Waals surface area contributed by atoms with Gasteiger partial charge in [0.05, 0.1) is 11.1 Å². The van der Waals surface area contributed by atoms with Crippen LogP contribution in [-0.2, 0) is 0 Å². The predicted molar refractivity (Wildman–Crippen MR) is 43.7 cm³/mol. The number of carboxylic acid groups (broad SMARTS) is 1. The van der Waals surface area contributed by atoms with E-state index < -0.39 is 34.6 Å². The summed E-state index contributed by atoms with van der Waals surface area (Å²) >= 11 is 0. The van der Waals surface area contributed by atoms with Crippen LogP contribution in [0.15, 0.2) is 11.0 Å². The maximum Gasteiger partial charge on any atom is 0.338 e. The number of aromatic carboxylic acids is 1. The Morgan fingerprint density at radius 3 is 2.60 bits per heavy atom. The molecule has 0 aromatic carbocycles. The van der Waals surface area contributed by atoms with Crippen molar-refractivity contribution in [1.29, 1.82) is 5.26 Å². The number of nitrogens with one attached hydrogen (secondary N) is 1. The first-order chi connectivity index (χ1) is 6.99. The van der Waals surface area contributed by atoms with E-state index in [1.54, 1.807) is 0 Å². The lowest BCUT2D eigenvalue weighted by atomic mass is 10.1. The summed E-state index contributed by atoms with van der Waals surface area (Å²) in [5.41, 5.74) is -3.72. The van der Waals surface area contributed by atoms with E-state index in [2.05, 4.69) is 0 Å². The molecule has 1 aromatic heterocycles. The van der Waals surface area contributed by atoms with Gasteiger partial charge in [0, 0.05) is 6.20 Å². The lowest BCUT2D eigenvalue weighted by molar-refractivity contribution is 0.0695. The third-order valence-electron chi connectivity index (χ3n) is 1.69. The maximum absolute atomic E-state index is 12.4. The molecule has 78 valence electrons. The Kier molecular flexibility index (Phi) is 2.80. The molecule has 1 heterocycles. The summed E-state index contributed by atoms with van der Waals surface area (Å²) in [7, 11) is 0. The molecule has 0 spiro atoms. The number of alkyl halides is 2. The Hall–Kier alpha value is -2.23. The third-order valence-corrected chi connectivity index (χ3v) is 1.69. The lowest BCUT2D eigenvalue weighted by Crippen LogP contribution is -2.18. The molecule has 0 aliphatic carbocycles. The Balaban J connectivity index is 3.64. The molecule has 0 aliphatic rings. The van der Waals surface area contributed by atoms with Crippen molar-refractivity contribution in [3.8, 4) is 6.07 Å². The monoisotopic (exact) mass is 214 g/mol. The number of aromatic amines is 1. The van der Waals surface area contributed by atoms with Gasteiger partial charge in [-0.3, -0.25) is 4.79 Å². The van der Waals surface area contributed by atoms with Gasteiger partial charge in [-0.1, -0.05) is 0 Å². The zero-order valence-electron chi connectivity index (χ0n) is 7.12. The number of hydrogen-bond acceptors (Lipinski definition) is 3. The van der Waals surface area contributed by atoms with Crippen LogP contribution in [0.4, 0.5) is 8.78 Å². The van der Waals surface area contributed by atoms with Gasteiger partial charge in [-0.15, -0.1) is 0 Å². The number of pyridine rings is 1. The molecule has 0 amide bonds. The third kappa shape index (κ3) is 1.83. The Bertz CT molecular complexity index is 502. The average molecular weight is 214 g/mol. The van der Waals surface area contributed by atoms with Gasteiger partial charge < -0.3 is 10.1 Å². The van der Waals surface area contributed by atoms with Crippen LogP contribution in [0.5, 0.6) is 0 Å². The van der Waals surface area contributed by atoms with Crippen molar-refractivity contribution in [2.75, 3.05) is 0 Å². The summed E-state index contributed by atoms with van der Waals surface area (Å²) in [6.45, 7) is 0. The lowest BCUT2D eigenvalue weighted by Gasteiger charge is -2.03. The van der Waals surface area contributed by atoms with Crippen molar-refractivity contribution < 1.29 is 18.7 Å². The number of hydrogen-bond donors (Lipinski definition) is 2. The first kappa shape index (κ1) is 10.8. The highest BCUT2D eigenvalue weighted by molar-refractivity contribution is 5.90. The second kappa shape index (κ2) is 3.88. The first-order valence-electron chi connectivity index (χ1n) is 3.66. The van der Waals surface area contributed by atoms with Gasteiger partial charge in [-0.2, -0.15) is 5.26 Å². The SMILES string of the molecule is N#Cc1c(C(=O)O)c[nH]c(=O)c1C(F)F. The van der Waals surface area contributed by atoms with Crippen LogP contribution in [0.3, 0.4) is 0 Å². The molecule has 0 unspecified atom stereocenters. The minimum Gasteiger partial charge on any atom is -0.478 e. The van der Waals surface area contributed by atoms with E-state index in [1.165, 1.54) is 6.07 Å². The minimum atomic E-state index is -3.19. The molecule has 2 N–H and O–H groups in total. The van der Waals surface area contributed by atoms with Crippen LogP contribution in [0, 0.1) is 11.3 Å². The summed E-state index contributed by atoms with van der Waals surface area (Å²) in [4.78, 5) is 23.3. The van der Waals surface area contributed by atoms with Crippen LogP contribution in [-0.4, -0.2) is 16.1 Å². The van der Waals surface area contributed by atoms with E-state index >= 15 is 0 Å². The fourth-order valence-corrected chi connectivity index (χ4v) is 1.04. The molecular formula is C8H4F2N2O3.